The van der Waals surface area contributed by atoms with Crippen LogP contribution in [0.2, 0.25) is 0 Å². The average molecular weight is 457 g/mol. The molecule has 0 aromatic heterocycles. The van der Waals surface area contributed by atoms with Crippen LogP contribution >= 0.6 is 0 Å². The smallest absolute Gasteiger partial charge is 0.0594 e. The van der Waals surface area contributed by atoms with Crippen LogP contribution in [0.3, 0.4) is 0 Å². The largest absolute Gasteiger partial charge is 0.396 e. The maximum absolute atomic E-state index is 10.9. The Balaban J connectivity index is 1.56. The Hall–Kier alpha value is -0.340. The SMILES string of the molecule is C=C(C)[C@@H]1C(C)C[C@]2(CO)CC[C@]3(C)C(CC[C@@H]4[C@@]5(C)CC[C@H](O)C(C)(C)[C@@H]5CC[C@]43C)[C@@H]12. The van der Waals surface area contributed by atoms with Gasteiger partial charge in [-0.25, -0.2) is 0 Å². The van der Waals surface area contributed by atoms with E-state index >= 15 is 0 Å². The standard InChI is InChI=1S/C31H52O2/c1-19(2)25-20(3)17-31(18-32)16-15-29(7)21(26(25)31)9-10-23-28(6)13-12-24(33)27(4,5)22(28)11-14-30(23,29)8/h20-26,32-33H,1,9-18H2,2-8H3/t20?,21?,22-,23+,24-,25+,26-,28-,29+,30+,31-/m0/s1. The molecule has 5 rings (SSSR count). The zero-order valence-corrected chi connectivity index (χ0v) is 22.7. The number of fused-ring (bicyclic) bond motifs is 7. The first-order valence-corrected chi connectivity index (χ1v) is 14.2. The van der Waals surface area contributed by atoms with E-state index in [2.05, 4.69) is 55.0 Å². The summed E-state index contributed by atoms with van der Waals surface area (Å²) >= 11 is 0. The quantitative estimate of drug-likeness (QED) is 0.430. The fourth-order valence-corrected chi connectivity index (χ4v) is 12.1. The highest BCUT2D eigenvalue weighted by Gasteiger charge is 2.71. The van der Waals surface area contributed by atoms with Crippen molar-refractivity contribution in [3.8, 4) is 0 Å². The van der Waals surface area contributed by atoms with E-state index in [4.69, 9.17) is 0 Å². The molecule has 0 radical (unpaired) electrons. The molecule has 0 aliphatic heterocycles. The number of rotatable bonds is 2. The molecule has 0 aromatic rings. The van der Waals surface area contributed by atoms with E-state index in [1.165, 1.54) is 56.9 Å². The Morgan fingerprint density at radius 2 is 1.58 bits per heavy atom. The molecule has 2 heteroatoms. The molecule has 0 amide bonds. The second-order valence-corrected chi connectivity index (χ2v) is 15.1. The summed E-state index contributed by atoms with van der Waals surface area (Å²) in [6, 6.07) is 0. The van der Waals surface area contributed by atoms with Crippen molar-refractivity contribution in [2.75, 3.05) is 6.61 Å². The topological polar surface area (TPSA) is 40.5 Å². The molecule has 2 nitrogen and oxygen atoms in total. The highest BCUT2D eigenvalue weighted by molar-refractivity contribution is 5.22. The molecule has 0 bridgehead atoms. The van der Waals surface area contributed by atoms with Crippen molar-refractivity contribution in [2.45, 2.75) is 112 Å². The van der Waals surface area contributed by atoms with E-state index in [9.17, 15) is 10.2 Å². The fraction of sp³-hybridized carbons (Fsp3) is 0.935. The first-order chi connectivity index (χ1) is 15.3. The number of hydrogen-bond acceptors (Lipinski definition) is 2. The Bertz CT molecular complexity index is 816. The van der Waals surface area contributed by atoms with Crippen molar-refractivity contribution in [3.05, 3.63) is 12.2 Å². The van der Waals surface area contributed by atoms with Gasteiger partial charge in [0.05, 0.1) is 6.10 Å². The van der Waals surface area contributed by atoms with Gasteiger partial charge in [-0.15, -0.1) is 0 Å². The van der Waals surface area contributed by atoms with Crippen LogP contribution < -0.4 is 0 Å². The molecular weight excluding hydrogens is 404 g/mol. The minimum atomic E-state index is -0.150. The molecule has 33 heavy (non-hydrogen) atoms. The molecule has 0 heterocycles. The van der Waals surface area contributed by atoms with Crippen LogP contribution in [0.15, 0.2) is 12.2 Å². The Morgan fingerprint density at radius 3 is 2.21 bits per heavy atom. The van der Waals surface area contributed by atoms with E-state index in [1.54, 1.807) is 0 Å². The van der Waals surface area contributed by atoms with Crippen LogP contribution in [0.5, 0.6) is 0 Å². The predicted molar refractivity (Wildman–Crippen MR) is 137 cm³/mol. The molecule has 5 fully saturated rings. The van der Waals surface area contributed by atoms with E-state index in [0.717, 1.165) is 12.3 Å². The van der Waals surface area contributed by atoms with Crippen LogP contribution in [-0.2, 0) is 0 Å². The van der Waals surface area contributed by atoms with Crippen LogP contribution in [-0.4, -0.2) is 22.9 Å². The van der Waals surface area contributed by atoms with E-state index in [1.807, 2.05) is 0 Å². The maximum atomic E-state index is 10.9. The van der Waals surface area contributed by atoms with E-state index < -0.39 is 0 Å². The van der Waals surface area contributed by atoms with Crippen LogP contribution in [0.25, 0.3) is 0 Å². The molecule has 0 saturated heterocycles. The first kappa shape index (κ1) is 24.4. The molecule has 11 atom stereocenters. The van der Waals surface area contributed by atoms with Crippen molar-refractivity contribution in [1.29, 1.82) is 0 Å². The van der Waals surface area contributed by atoms with Gasteiger partial charge in [-0.2, -0.15) is 0 Å². The lowest BCUT2D eigenvalue weighted by atomic mass is 9.32. The van der Waals surface area contributed by atoms with E-state index in [0.29, 0.717) is 52.4 Å². The number of allylic oxidation sites excluding steroid dienone is 1. The fourth-order valence-electron chi connectivity index (χ4n) is 12.1. The molecule has 0 aromatic carbocycles. The molecule has 5 aliphatic rings. The first-order valence-electron chi connectivity index (χ1n) is 14.2. The Kier molecular flexibility index (Phi) is 5.42. The molecule has 5 saturated carbocycles. The van der Waals surface area contributed by atoms with Crippen LogP contribution in [0.4, 0.5) is 0 Å². The van der Waals surface area contributed by atoms with Gasteiger partial charge in [-0.05, 0) is 127 Å². The zero-order valence-electron chi connectivity index (χ0n) is 22.7. The molecule has 5 aliphatic carbocycles. The van der Waals surface area contributed by atoms with Gasteiger partial charge < -0.3 is 10.2 Å². The normalized spacial score (nSPS) is 57.4. The summed E-state index contributed by atoms with van der Waals surface area (Å²) in [4.78, 5) is 0. The number of aliphatic hydroxyl groups is 2. The third kappa shape index (κ3) is 2.86. The van der Waals surface area contributed by atoms with Gasteiger partial charge in [0, 0.05) is 6.61 Å². The molecule has 2 unspecified atom stereocenters. The van der Waals surface area contributed by atoms with Crippen LogP contribution in [0.1, 0.15) is 106 Å². The summed E-state index contributed by atoms with van der Waals surface area (Å²) in [5, 5.41) is 21.7. The van der Waals surface area contributed by atoms with Crippen molar-refractivity contribution in [2.24, 2.45) is 62.6 Å². The molecule has 188 valence electrons. The summed E-state index contributed by atoms with van der Waals surface area (Å²) in [6.07, 6.45) is 10.9. The minimum Gasteiger partial charge on any atom is -0.396 e. The van der Waals surface area contributed by atoms with Crippen molar-refractivity contribution >= 4 is 0 Å². The van der Waals surface area contributed by atoms with Gasteiger partial charge >= 0.3 is 0 Å². The average Bonchev–Trinajstić information content (AvgIpc) is 3.04. The monoisotopic (exact) mass is 456 g/mol. The molecular formula is C31H52O2. The van der Waals surface area contributed by atoms with Gasteiger partial charge in [0.15, 0.2) is 0 Å². The Morgan fingerprint density at radius 1 is 0.879 bits per heavy atom. The van der Waals surface area contributed by atoms with Crippen molar-refractivity contribution in [1.82, 2.24) is 0 Å². The summed E-state index contributed by atoms with van der Waals surface area (Å²) < 4.78 is 0. The maximum Gasteiger partial charge on any atom is 0.0594 e. The van der Waals surface area contributed by atoms with Gasteiger partial charge in [0.25, 0.3) is 0 Å². The van der Waals surface area contributed by atoms with Gasteiger partial charge in [0.1, 0.15) is 0 Å². The number of hydrogen-bond donors (Lipinski definition) is 2. The van der Waals surface area contributed by atoms with Crippen molar-refractivity contribution < 1.29 is 10.2 Å². The lowest BCUT2D eigenvalue weighted by molar-refractivity contribution is -0.249. The van der Waals surface area contributed by atoms with Crippen LogP contribution in [0, 0.1) is 62.6 Å². The van der Waals surface area contributed by atoms with Gasteiger partial charge in [-0.3, -0.25) is 0 Å². The summed E-state index contributed by atoms with van der Waals surface area (Å²) in [5.41, 5.74) is 2.53. The number of aliphatic hydroxyl groups excluding tert-OH is 2. The Labute approximate surface area is 204 Å². The summed E-state index contributed by atoms with van der Waals surface area (Å²) in [7, 11) is 0. The third-order valence-electron chi connectivity index (χ3n) is 13.8. The third-order valence-corrected chi connectivity index (χ3v) is 13.8. The summed E-state index contributed by atoms with van der Waals surface area (Å²) in [6.45, 7) is 22.2. The van der Waals surface area contributed by atoms with Crippen molar-refractivity contribution in [3.63, 3.8) is 0 Å². The highest BCUT2D eigenvalue weighted by Crippen LogP contribution is 2.77. The second kappa shape index (κ2) is 7.34. The van der Waals surface area contributed by atoms with Gasteiger partial charge in [0.2, 0.25) is 0 Å². The predicted octanol–water partition coefficient (Wildman–Crippen LogP) is 7.24. The molecule has 0 spiro atoms. The summed E-state index contributed by atoms with van der Waals surface area (Å²) in [5.74, 6) is 3.89. The minimum absolute atomic E-state index is 0.0244. The second-order valence-electron chi connectivity index (χ2n) is 15.1. The zero-order chi connectivity index (χ0) is 24.2. The highest BCUT2D eigenvalue weighted by atomic mass is 16.3. The van der Waals surface area contributed by atoms with Gasteiger partial charge in [-0.1, -0.05) is 53.7 Å². The molecule has 2 N–H and O–H groups in total. The lowest BCUT2D eigenvalue weighted by Crippen LogP contribution is -2.66. The lowest BCUT2D eigenvalue weighted by Gasteiger charge is -2.73. The van der Waals surface area contributed by atoms with E-state index in [-0.39, 0.29) is 16.9 Å².